The van der Waals surface area contributed by atoms with E-state index in [4.69, 9.17) is 0 Å². The van der Waals surface area contributed by atoms with Gasteiger partial charge in [0.15, 0.2) is 0 Å². The van der Waals surface area contributed by atoms with Crippen molar-refractivity contribution in [1.29, 1.82) is 0 Å². The SMILES string of the molecule is O[C@H](c1ccccc1)c1ccncc1. The summed E-state index contributed by atoms with van der Waals surface area (Å²) in [6, 6.07) is 13.2. The maximum atomic E-state index is 9.96. The molecule has 1 heterocycles. The van der Waals surface area contributed by atoms with Crippen LogP contribution in [0.25, 0.3) is 0 Å². The van der Waals surface area contributed by atoms with Gasteiger partial charge in [-0.2, -0.15) is 0 Å². The van der Waals surface area contributed by atoms with Crippen LogP contribution in [0.15, 0.2) is 54.9 Å². The Labute approximate surface area is 82.9 Å². The molecule has 0 bridgehead atoms. The van der Waals surface area contributed by atoms with Crippen molar-refractivity contribution in [1.82, 2.24) is 4.98 Å². The summed E-state index contributed by atoms with van der Waals surface area (Å²) in [6.07, 6.45) is 2.81. The molecule has 0 aliphatic rings. The van der Waals surface area contributed by atoms with Gasteiger partial charge in [0, 0.05) is 12.4 Å². The third-order valence-electron chi connectivity index (χ3n) is 2.14. The topological polar surface area (TPSA) is 33.1 Å². The molecule has 0 saturated carbocycles. The molecular formula is C12H11NO. The van der Waals surface area contributed by atoms with Gasteiger partial charge in [0.1, 0.15) is 6.10 Å². The van der Waals surface area contributed by atoms with E-state index in [9.17, 15) is 5.11 Å². The lowest BCUT2D eigenvalue weighted by Gasteiger charge is -2.10. The first-order valence-electron chi connectivity index (χ1n) is 4.51. The van der Waals surface area contributed by atoms with Crippen molar-refractivity contribution in [3.8, 4) is 0 Å². The number of benzene rings is 1. The zero-order valence-electron chi connectivity index (χ0n) is 7.67. The Kier molecular flexibility index (Phi) is 2.56. The molecule has 0 spiro atoms. The number of aromatic nitrogens is 1. The minimum absolute atomic E-state index is 0.556. The van der Waals surface area contributed by atoms with E-state index in [2.05, 4.69) is 4.98 Å². The predicted octanol–water partition coefficient (Wildman–Crippen LogP) is 2.16. The van der Waals surface area contributed by atoms with E-state index < -0.39 is 6.10 Å². The highest BCUT2D eigenvalue weighted by molar-refractivity contribution is 5.27. The highest BCUT2D eigenvalue weighted by Gasteiger charge is 2.08. The fourth-order valence-electron chi connectivity index (χ4n) is 1.37. The normalized spacial score (nSPS) is 12.4. The molecule has 2 aromatic rings. The van der Waals surface area contributed by atoms with E-state index in [1.165, 1.54) is 0 Å². The summed E-state index contributed by atoms with van der Waals surface area (Å²) < 4.78 is 0. The van der Waals surface area contributed by atoms with Gasteiger partial charge in [-0.05, 0) is 23.3 Å². The Bertz CT molecular complexity index is 346. The first kappa shape index (κ1) is 8.91. The zero-order valence-corrected chi connectivity index (χ0v) is 7.67. The molecule has 0 fully saturated rings. The second kappa shape index (κ2) is 4.03. The Morgan fingerprint density at radius 1 is 0.857 bits per heavy atom. The molecule has 2 nitrogen and oxygen atoms in total. The molecule has 0 aliphatic heterocycles. The monoisotopic (exact) mass is 185 g/mol. The fraction of sp³-hybridized carbons (Fsp3) is 0.0833. The fourth-order valence-corrected chi connectivity index (χ4v) is 1.37. The van der Waals surface area contributed by atoms with E-state index in [-0.39, 0.29) is 0 Å². The van der Waals surface area contributed by atoms with E-state index in [1.807, 2.05) is 42.5 Å². The second-order valence-electron chi connectivity index (χ2n) is 3.09. The maximum absolute atomic E-state index is 9.96. The van der Waals surface area contributed by atoms with Gasteiger partial charge in [-0.1, -0.05) is 30.3 Å². The highest BCUT2D eigenvalue weighted by Crippen LogP contribution is 2.20. The first-order chi connectivity index (χ1) is 6.88. The van der Waals surface area contributed by atoms with Crippen LogP contribution < -0.4 is 0 Å². The summed E-state index contributed by atoms with van der Waals surface area (Å²) >= 11 is 0. The molecule has 1 aromatic carbocycles. The third-order valence-corrected chi connectivity index (χ3v) is 2.14. The van der Waals surface area contributed by atoms with Crippen LogP contribution in [-0.4, -0.2) is 10.1 Å². The molecule has 1 atom stereocenters. The van der Waals surface area contributed by atoms with Crippen LogP contribution in [0.4, 0.5) is 0 Å². The van der Waals surface area contributed by atoms with Crippen molar-refractivity contribution in [3.63, 3.8) is 0 Å². The van der Waals surface area contributed by atoms with E-state index in [0.29, 0.717) is 0 Å². The average molecular weight is 185 g/mol. The molecule has 70 valence electrons. The number of hydrogen-bond acceptors (Lipinski definition) is 2. The molecule has 0 radical (unpaired) electrons. The smallest absolute Gasteiger partial charge is 0.104 e. The summed E-state index contributed by atoms with van der Waals surface area (Å²) in [4.78, 5) is 3.91. The van der Waals surface area contributed by atoms with E-state index in [0.717, 1.165) is 11.1 Å². The first-order valence-corrected chi connectivity index (χ1v) is 4.51. The molecule has 1 N–H and O–H groups in total. The Morgan fingerprint density at radius 3 is 2.07 bits per heavy atom. The average Bonchev–Trinajstić information content (AvgIpc) is 2.30. The van der Waals surface area contributed by atoms with E-state index in [1.54, 1.807) is 12.4 Å². The van der Waals surface area contributed by atoms with Crippen molar-refractivity contribution in [2.45, 2.75) is 6.10 Å². The molecule has 0 unspecified atom stereocenters. The summed E-state index contributed by atoms with van der Waals surface area (Å²) in [5, 5.41) is 9.96. The van der Waals surface area contributed by atoms with Crippen LogP contribution in [0.1, 0.15) is 17.2 Å². The summed E-state index contributed by atoms with van der Waals surface area (Å²) in [6.45, 7) is 0. The van der Waals surface area contributed by atoms with Crippen LogP contribution in [0, 0.1) is 0 Å². The van der Waals surface area contributed by atoms with Gasteiger partial charge in [-0.15, -0.1) is 0 Å². The van der Waals surface area contributed by atoms with Crippen LogP contribution in [0.5, 0.6) is 0 Å². The van der Waals surface area contributed by atoms with Gasteiger partial charge in [0.2, 0.25) is 0 Å². The number of rotatable bonds is 2. The number of hydrogen-bond donors (Lipinski definition) is 1. The second-order valence-corrected chi connectivity index (χ2v) is 3.09. The molecule has 2 heteroatoms. The molecule has 0 saturated heterocycles. The van der Waals surface area contributed by atoms with Crippen molar-refractivity contribution in [2.75, 3.05) is 0 Å². The molecule has 1 aromatic heterocycles. The molecule has 2 rings (SSSR count). The Morgan fingerprint density at radius 2 is 1.43 bits per heavy atom. The number of nitrogens with zero attached hydrogens (tertiary/aromatic N) is 1. The van der Waals surface area contributed by atoms with Crippen molar-refractivity contribution >= 4 is 0 Å². The lowest BCUT2D eigenvalue weighted by atomic mass is 10.0. The van der Waals surface area contributed by atoms with Crippen LogP contribution >= 0.6 is 0 Å². The molecule has 14 heavy (non-hydrogen) atoms. The summed E-state index contributed by atoms with van der Waals surface area (Å²) in [5.74, 6) is 0. The van der Waals surface area contributed by atoms with Gasteiger partial charge in [-0.3, -0.25) is 4.98 Å². The summed E-state index contributed by atoms with van der Waals surface area (Å²) in [5.41, 5.74) is 1.77. The molecular weight excluding hydrogens is 174 g/mol. The van der Waals surface area contributed by atoms with Crippen molar-refractivity contribution in [2.24, 2.45) is 0 Å². The third kappa shape index (κ3) is 1.80. The standard InChI is InChI=1S/C12H11NO/c14-12(10-4-2-1-3-5-10)11-6-8-13-9-7-11/h1-9,12,14H/t12-/m1/s1. The zero-order chi connectivity index (χ0) is 9.80. The van der Waals surface area contributed by atoms with Crippen molar-refractivity contribution < 1.29 is 5.11 Å². The Balaban J connectivity index is 2.30. The van der Waals surface area contributed by atoms with Gasteiger partial charge in [0.05, 0.1) is 0 Å². The predicted molar refractivity (Wildman–Crippen MR) is 54.7 cm³/mol. The number of aliphatic hydroxyl groups is 1. The lowest BCUT2D eigenvalue weighted by molar-refractivity contribution is 0.220. The minimum Gasteiger partial charge on any atom is -0.384 e. The van der Waals surface area contributed by atoms with Crippen LogP contribution in [-0.2, 0) is 0 Å². The van der Waals surface area contributed by atoms with Crippen LogP contribution in [0.3, 0.4) is 0 Å². The quantitative estimate of drug-likeness (QED) is 0.777. The van der Waals surface area contributed by atoms with Gasteiger partial charge in [0.25, 0.3) is 0 Å². The van der Waals surface area contributed by atoms with Crippen molar-refractivity contribution in [3.05, 3.63) is 66.0 Å². The molecule has 0 aliphatic carbocycles. The maximum Gasteiger partial charge on any atom is 0.104 e. The number of pyridine rings is 1. The largest absolute Gasteiger partial charge is 0.384 e. The van der Waals surface area contributed by atoms with Gasteiger partial charge in [-0.25, -0.2) is 0 Å². The summed E-state index contributed by atoms with van der Waals surface area (Å²) in [7, 11) is 0. The number of aliphatic hydroxyl groups excluding tert-OH is 1. The minimum atomic E-state index is -0.556. The van der Waals surface area contributed by atoms with Crippen LogP contribution in [0.2, 0.25) is 0 Å². The highest BCUT2D eigenvalue weighted by atomic mass is 16.3. The van der Waals surface area contributed by atoms with Gasteiger partial charge >= 0.3 is 0 Å². The van der Waals surface area contributed by atoms with Gasteiger partial charge < -0.3 is 5.11 Å². The lowest BCUT2D eigenvalue weighted by Crippen LogP contribution is -1.98. The molecule has 0 amide bonds. The van der Waals surface area contributed by atoms with E-state index >= 15 is 0 Å². The Hall–Kier alpha value is -1.67.